The zero-order valence-corrected chi connectivity index (χ0v) is 29.2. The van der Waals surface area contributed by atoms with Gasteiger partial charge in [-0.1, -0.05) is 140 Å². The Kier molecular flexibility index (Phi) is 7.73. The van der Waals surface area contributed by atoms with E-state index in [1.165, 1.54) is 16.5 Å². The number of anilines is 3. The summed E-state index contributed by atoms with van der Waals surface area (Å²) < 4.78 is 6.63. The number of hydrogen-bond donors (Lipinski definition) is 0. The summed E-state index contributed by atoms with van der Waals surface area (Å²) in [6.45, 7) is 0. The van der Waals surface area contributed by atoms with Gasteiger partial charge in [-0.3, -0.25) is 0 Å². The first kappa shape index (κ1) is 31.4. The predicted octanol–water partition coefficient (Wildman–Crippen LogP) is 13.1. The molecular weight excluding hydrogens is 661 g/mol. The first-order valence-corrected chi connectivity index (χ1v) is 18.0. The summed E-state index contributed by atoms with van der Waals surface area (Å²) >= 11 is 0. The van der Waals surface area contributed by atoms with Crippen LogP contribution in [0.15, 0.2) is 199 Å². The van der Waals surface area contributed by atoms with Crippen LogP contribution < -0.4 is 4.90 Å². The van der Waals surface area contributed by atoms with Crippen molar-refractivity contribution in [3.63, 3.8) is 0 Å². The van der Waals surface area contributed by atoms with Crippen molar-refractivity contribution in [1.82, 2.24) is 15.0 Å². The third kappa shape index (κ3) is 5.74. The van der Waals surface area contributed by atoms with Crippen LogP contribution >= 0.6 is 0 Å². The Balaban J connectivity index is 1.11. The first-order valence-electron chi connectivity index (χ1n) is 18.0. The average molecular weight is 693 g/mol. The number of hydrogen-bond acceptors (Lipinski definition) is 5. The lowest BCUT2D eigenvalue weighted by Gasteiger charge is -2.26. The molecule has 0 unspecified atom stereocenters. The molecule has 10 rings (SSSR count). The standard InChI is InChI=1S/C49H32N4O/c1-4-13-33(14-5-1)35-25-28-41(29-26-35)53(40-19-8-3-9-20-40)43-21-12-22-44-46(43)42-30-27-39(32-45(42)54-44)49-51-47(36-16-6-2-7-17-36)50-48(52-49)38-24-23-34-15-10-11-18-37(34)31-38/h1-32H. The van der Waals surface area contributed by atoms with Crippen molar-refractivity contribution in [1.29, 1.82) is 0 Å². The highest BCUT2D eigenvalue weighted by Crippen LogP contribution is 2.43. The topological polar surface area (TPSA) is 55.1 Å². The highest BCUT2D eigenvalue weighted by atomic mass is 16.3. The number of rotatable bonds is 7. The van der Waals surface area contributed by atoms with Crippen molar-refractivity contribution >= 4 is 49.8 Å². The molecular formula is C49H32N4O. The Hall–Kier alpha value is -7.37. The largest absolute Gasteiger partial charge is 0.456 e. The van der Waals surface area contributed by atoms with Crippen LogP contribution in [0.4, 0.5) is 17.1 Å². The van der Waals surface area contributed by atoms with Crippen LogP contribution in [0, 0.1) is 0 Å². The molecule has 0 atom stereocenters. The van der Waals surface area contributed by atoms with E-state index in [9.17, 15) is 0 Å². The molecule has 0 radical (unpaired) electrons. The molecule has 0 N–H and O–H groups in total. The van der Waals surface area contributed by atoms with Crippen LogP contribution in [0.5, 0.6) is 0 Å². The molecule has 254 valence electrons. The molecule has 5 heteroatoms. The molecule has 0 amide bonds. The normalized spacial score (nSPS) is 11.3. The van der Waals surface area contributed by atoms with Gasteiger partial charge in [0.15, 0.2) is 17.5 Å². The van der Waals surface area contributed by atoms with Crippen LogP contribution in [0.1, 0.15) is 0 Å². The van der Waals surface area contributed by atoms with Crippen LogP contribution in [-0.4, -0.2) is 15.0 Å². The molecule has 2 aromatic heterocycles. The molecule has 0 aliphatic rings. The van der Waals surface area contributed by atoms with Gasteiger partial charge in [0.05, 0.1) is 11.1 Å². The fourth-order valence-corrected chi connectivity index (χ4v) is 7.25. The highest BCUT2D eigenvalue weighted by molar-refractivity contribution is 6.14. The van der Waals surface area contributed by atoms with E-state index in [4.69, 9.17) is 19.4 Å². The van der Waals surface area contributed by atoms with Gasteiger partial charge < -0.3 is 9.32 Å². The Bertz CT molecular complexity index is 2920. The van der Waals surface area contributed by atoms with E-state index < -0.39 is 0 Å². The third-order valence-corrected chi connectivity index (χ3v) is 9.90. The SMILES string of the molecule is c1ccc(-c2ccc(N(c3ccccc3)c3cccc4oc5cc(-c6nc(-c7ccccc7)nc(-c7ccc8ccccc8c7)n6)ccc5c34)cc2)cc1. The van der Waals surface area contributed by atoms with E-state index in [2.05, 4.69) is 150 Å². The van der Waals surface area contributed by atoms with E-state index in [0.717, 1.165) is 61.1 Å². The molecule has 0 aliphatic heterocycles. The molecule has 8 aromatic carbocycles. The van der Waals surface area contributed by atoms with Gasteiger partial charge in [-0.2, -0.15) is 0 Å². The lowest BCUT2D eigenvalue weighted by molar-refractivity contribution is 0.669. The second kappa shape index (κ2) is 13.3. The number of fused-ring (bicyclic) bond motifs is 4. The van der Waals surface area contributed by atoms with Crippen molar-refractivity contribution in [3.05, 3.63) is 194 Å². The van der Waals surface area contributed by atoms with Crippen molar-refractivity contribution < 1.29 is 4.42 Å². The summed E-state index contributed by atoms with van der Waals surface area (Å²) in [5.74, 6) is 1.82. The minimum Gasteiger partial charge on any atom is -0.456 e. The van der Waals surface area contributed by atoms with E-state index in [0.29, 0.717) is 17.5 Å². The summed E-state index contributed by atoms with van der Waals surface area (Å²) in [6.07, 6.45) is 0. The molecule has 54 heavy (non-hydrogen) atoms. The van der Waals surface area contributed by atoms with Gasteiger partial charge >= 0.3 is 0 Å². The van der Waals surface area contributed by atoms with Crippen molar-refractivity contribution in [3.8, 4) is 45.3 Å². The summed E-state index contributed by atoms with van der Waals surface area (Å²) in [7, 11) is 0. The lowest BCUT2D eigenvalue weighted by Crippen LogP contribution is -2.10. The summed E-state index contributed by atoms with van der Waals surface area (Å²) in [5.41, 5.74) is 9.77. The third-order valence-electron chi connectivity index (χ3n) is 9.90. The fraction of sp³-hybridized carbons (Fsp3) is 0. The molecule has 10 aromatic rings. The predicted molar refractivity (Wildman–Crippen MR) is 221 cm³/mol. The maximum Gasteiger partial charge on any atom is 0.164 e. The summed E-state index contributed by atoms with van der Waals surface area (Å²) in [4.78, 5) is 17.3. The van der Waals surface area contributed by atoms with Crippen molar-refractivity contribution in [2.75, 3.05) is 4.90 Å². The van der Waals surface area contributed by atoms with Gasteiger partial charge in [-0.05, 0) is 76.5 Å². The van der Waals surface area contributed by atoms with Crippen LogP contribution in [0.2, 0.25) is 0 Å². The Morgan fingerprint density at radius 1 is 0.352 bits per heavy atom. The lowest BCUT2D eigenvalue weighted by atomic mass is 10.0. The zero-order valence-electron chi connectivity index (χ0n) is 29.2. The number of furan rings is 1. The van der Waals surface area contributed by atoms with E-state index in [1.54, 1.807) is 0 Å². The molecule has 0 bridgehead atoms. The Morgan fingerprint density at radius 2 is 0.889 bits per heavy atom. The van der Waals surface area contributed by atoms with E-state index in [-0.39, 0.29) is 0 Å². The quantitative estimate of drug-likeness (QED) is 0.166. The fourth-order valence-electron chi connectivity index (χ4n) is 7.25. The molecule has 0 spiro atoms. The Morgan fingerprint density at radius 3 is 1.61 bits per heavy atom. The van der Waals surface area contributed by atoms with E-state index >= 15 is 0 Å². The minimum atomic E-state index is 0.582. The maximum atomic E-state index is 6.63. The average Bonchev–Trinajstić information content (AvgIpc) is 3.63. The monoisotopic (exact) mass is 692 g/mol. The number of nitrogens with zero attached hydrogens (tertiary/aromatic N) is 4. The number of aromatic nitrogens is 3. The van der Waals surface area contributed by atoms with Gasteiger partial charge in [0.2, 0.25) is 0 Å². The van der Waals surface area contributed by atoms with Crippen LogP contribution in [0.25, 0.3) is 78.0 Å². The summed E-state index contributed by atoms with van der Waals surface area (Å²) in [6, 6.07) is 66.9. The van der Waals surface area contributed by atoms with Gasteiger partial charge in [-0.15, -0.1) is 0 Å². The summed E-state index contributed by atoms with van der Waals surface area (Å²) in [5, 5.41) is 4.35. The van der Waals surface area contributed by atoms with Crippen LogP contribution in [0.3, 0.4) is 0 Å². The highest BCUT2D eigenvalue weighted by Gasteiger charge is 2.21. The maximum absolute atomic E-state index is 6.63. The molecule has 2 heterocycles. The van der Waals surface area contributed by atoms with Gasteiger partial charge in [-0.25, -0.2) is 15.0 Å². The van der Waals surface area contributed by atoms with Gasteiger partial charge in [0.1, 0.15) is 11.2 Å². The molecule has 0 fully saturated rings. The molecule has 0 saturated carbocycles. The number of para-hydroxylation sites is 1. The van der Waals surface area contributed by atoms with Crippen molar-refractivity contribution in [2.45, 2.75) is 0 Å². The van der Waals surface area contributed by atoms with Gasteiger partial charge in [0.25, 0.3) is 0 Å². The first-order chi connectivity index (χ1) is 26.7. The second-order valence-corrected chi connectivity index (χ2v) is 13.3. The second-order valence-electron chi connectivity index (χ2n) is 13.3. The molecule has 5 nitrogen and oxygen atoms in total. The number of benzene rings is 8. The van der Waals surface area contributed by atoms with Crippen molar-refractivity contribution in [2.24, 2.45) is 0 Å². The molecule has 0 aliphatic carbocycles. The van der Waals surface area contributed by atoms with E-state index in [1.807, 2.05) is 48.5 Å². The minimum absolute atomic E-state index is 0.582. The Labute approximate surface area is 312 Å². The van der Waals surface area contributed by atoms with Crippen LogP contribution in [-0.2, 0) is 0 Å². The molecule has 0 saturated heterocycles. The smallest absolute Gasteiger partial charge is 0.164 e. The zero-order chi connectivity index (χ0) is 35.8. The van der Waals surface area contributed by atoms with Gasteiger partial charge in [0, 0.05) is 33.5 Å².